The van der Waals surface area contributed by atoms with Gasteiger partial charge in [0.25, 0.3) is 0 Å². The summed E-state index contributed by atoms with van der Waals surface area (Å²) in [4.78, 5) is 4.17. The highest BCUT2D eigenvalue weighted by Gasteiger charge is 2.23. The molecule has 4 heteroatoms. The van der Waals surface area contributed by atoms with Crippen molar-refractivity contribution < 1.29 is 0 Å². The van der Waals surface area contributed by atoms with Gasteiger partial charge in [-0.3, -0.25) is 5.41 Å². The molecule has 0 amide bonds. The Morgan fingerprint density at radius 1 is 1.08 bits per heavy atom. The van der Waals surface area contributed by atoms with E-state index in [1.807, 2.05) is 12.1 Å². The second-order valence-electron chi connectivity index (χ2n) is 6.01. The number of hydrogen-bond acceptors (Lipinski definition) is 1. The monoisotopic (exact) mass is 435 g/mol. The van der Waals surface area contributed by atoms with Crippen LogP contribution >= 0.6 is 22.6 Å². The van der Waals surface area contributed by atoms with Crippen molar-refractivity contribution in [2.75, 3.05) is 16.3 Å². The summed E-state index contributed by atoms with van der Waals surface area (Å²) in [5.41, 5.74) is 3.46. The van der Waals surface area contributed by atoms with Crippen LogP contribution in [-0.2, 0) is 6.42 Å². The zero-order valence-electron chi connectivity index (χ0n) is 14.9. The molecule has 0 saturated carbocycles. The lowest BCUT2D eigenvalue weighted by molar-refractivity contribution is 0.786. The van der Waals surface area contributed by atoms with Gasteiger partial charge in [-0.1, -0.05) is 31.2 Å². The van der Waals surface area contributed by atoms with E-state index in [0.29, 0.717) is 5.96 Å². The second-order valence-corrected chi connectivity index (χ2v) is 7.17. The Morgan fingerprint density at radius 3 is 2.38 bits per heavy atom. The summed E-state index contributed by atoms with van der Waals surface area (Å²) in [7, 11) is 0. The van der Waals surface area contributed by atoms with E-state index in [1.54, 1.807) is 0 Å². The number of rotatable bonds is 5. The highest BCUT2D eigenvalue weighted by Crippen LogP contribution is 2.27. The molecule has 2 rings (SSSR count). The van der Waals surface area contributed by atoms with Crippen LogP contribution in [0.15, 0.2) is 48.5 Å². The first-order valence-corrected chi connectivity index (χ1v) is 9.56. The predicted octanol–water partition coefficient (Wildman–Crippen LogP) is 5.53. The number of halogens is 1. The highest BCUT2D eigenvalue weighted by molar-refractivity contribution is 14.1. The molecule has 0 saturated heterocycles. The molecule has 24 heavy (non-hydrogen) atoms. The number of hydrogen-bond donors (Lipinski definition) is 1. The number of anilines is 2. The molecule has 0 fully saturated rings. The van der Waals surface area contributed by atoms with Crippen LogP contribution in [0.1, 0.15) is 33.3 Å². The number of para-hydroxylation sites is 1. The number of nitrogens with zero attached hydrogens (tertiary/aromatic N) is 2. The Kier molecular flexibility index (Phi) is 6.66. The molecule has 0 aliphatic rings. The lowest BCUT2D eigenvalue weighted by Crippen LogP contribution is -2.47. The molecule has 0 aromatic heterocycles. The lowest BCUT2D eigenvalue weighted by Gasteiger charge is -2.36. The van der Waals surface area contributed by atoms with E-state index in [0.717, 1.165) is 27.9 Å². The van der Waals surface area contributed by atoms with Crippen LogP contribution in [0.4, 0.5) is 11.4 Å². The minimum Gasteiger partial charge on any atom is -0.313 e. The van der Waals surface area contributed by atoms with Gasteiger partial charge in [-0.05, 0) is 79.6 Å². The molecular formula is C20H26IN3. The molecule has 0 atom stereocenters. The van der Waals surface area contributed by atoms with Crippen molar-refractivity contribution in [3.05, 3.63) is 57.7 Å². The Morgan fingerprint density at radius 2 is 1.79 bits per heavy atom. The summed E-state index contributed by atoms with van der Waals surface area (Å²) in [6.45, 7) is 9.29. The Hall–Kier alpha value is -1.56. The molecule has 0 spiro atoms. The van der Waals surface area contributed by atoms with Gasteiger partial charge >= 0.3 is 0 Å². The third-order valence-electron chi connectivity index (χ3n) is 4.06. The van der Waals surface area contributed by atoms with E-state index >= 15 is 0 Å². The van der Waals surface area contributed by atoms with Crippen molar-refractivity contribution in [3.8, 4) is 0 Å². The first-order chi connectivity index (χ1) is 11.5. The summed E-state index contributed by atoms with van der Waals surface area (Å²) < 4.78 is 1.16. The smallest absolute Gasteiger partial charge is 0.203 e. The molecular weight excluding hydrogens is 409 g/mol. The molecule has 3 nitrogen and oxygen atoms in total. The fourth-order valence-corrected chi connectivity index (χ4v) is 3.46. The number of guanidine groups is 1. The zero-order valence-corrected chi connectivity index (χ0v) is 17.0. The third kappa shape index (κ3) is 4.09. The van der Waals surface area contributed by atoms with E-state index in [2.05, 4.69) is 96.5 Å². The van der Waals surface area contributed by atoms with E-state index in [4.69, 9.17) is 5.41 Å². The Labute approximate surface area is 159 Å². The van der Waals surface area contributed by atoms with Gasteiger partial charge in [0.2, 0.25) is 5.96 Å². The van der Waals surface area contributed by atoms with Gasteiger partial charge in [0, 0.05) is 21.8 Å². The summed E-state index contributed by atoms with van der Waals surface area (Å²) >= 11 is 2.35. The van der Waals surface area contributed by atoms with Crippen molar-refractivity contribution in [2.24, 2.45) is 0 Å². The van der Waals surface area contributed by atoms with Crippen LogP contribution in [0.3, 0.4) is 0 Å². The highest BCUT2D eigenvalue weighted by atomic mass is 127. The standard InChI is InChI=1S/C20H26IN3/c1-5-16-10-9-11-17(14-16)23(6-2)20(22)24(15(3)4)19-13-8-7-12-18(19)21/h7-15,22H,5-6H2,1-4H3. The predicted molar refractivity (Wildman–Crippen MR) is 113 cm³/mol. The Balaban J connectivity index is 2.42. The van der Waals surface area contributed by atoms with Crippen LogP contribution in [-0.4, -0.2) is 18.5 Å². The molecule has 0 bridgehead atoms. The van der Waals surface area contributed by atoms with Crippen LogP contribution in [0.25, 0.3) is 0 Å². The molecule has 0 aliphatic carbocycles. The normalized spacial score (nSPS) is 10.8. The maximum absolute atomic E-state index is 8.88. The topological polar surface area (TPSA) is 30.3 Å². The van der Waals surface area contributed by atoms with Gasteiger partial charge in [0.1, 0.15) is 0 Å². The fraction of sp³-hybridized carbons (Fsp3) is 0.350. The maximum Gasteiger partial charge on any atom is 0.203 e. The van der Waals surface area contributed by atoms with E-state index in [1.165, 1.54) is 5.56 Å². The van der Waals surface area contributed by atoms with Crippen LogP contribution in [0.5, 0.6) is 0 Å². The average molecular weight is 435 g/mol. The fourth-order valence-electron chi connectivity index (χ4n) is 2.81. The molecule has 0 unspecified atom stereocenters. The van der Waals surface area contributed by atoms with Gasteiger partial charge in [0.15, 0.2) is 0 Å². The molecule has 128 valence electrons. The van der Waals surface area contributed by atoms with Crippen LogP contribution in [0, 0.1) is 8.98 Å². The van der Waals surface area contributed by atoms with Crippen molar-refractivity contribution in [1.29, 1.82) is 5.41 Å². The SMILES string of the molecule is CCc1cccc(N(CC)C(=N)N(c2ccccc2I)C(C)C)c1. The quantitative estimate of drug-likeness (QED) is 0.380. The minimum absolute atomic E-state index is 0.205. The summed E-state index contributed by atoms with van der Waals surface area (Å²) in [6.07, 6.45) is 1.00. The third-order valence-corrected chi connectivity index (χ3v) is 4.97. The average Bonchev–Trinajstić information content (AvgIpc) is 2.57. The van der Waals surface area contributed by atoms with Crippen molar-refractivity contribution in [2.45, 2.75) is 40.2 Å². The van der Waals surface area contributed by atoms with Gasteiger partial charge in [-0.2, -0.15) is 0 Å². The van der Waals surface area contributed by atoms with E-state index < -0.39 is 0 Å². The van der Waals surface area contributed by atoms with E-state index in [-0.39, 0.29) is 6.04 Å². The molecule has 0 aliphatic heterocycles. The van der Waals surface area contributed by atoms with E-state index in [9.17, 15) is 0 Å². The van der Waals surface area contributed by atoms with Crippen LogP contribution in [0.2, 0.25) is 0 Å². The molecule has 2 aromatic carbocycles. The zero-order chi connectivity index (χ0) is 17.7. The molecule has 0 radical (unpaired) electrons. The number of nitrogens with one attached hydrogen (secondary N) is 1. The number of aryl methyl sites for hydroxylation is 1. The molecule has 0 heterocycles. The van der Waals surface area contributed by atoms with Gasteiger partial charge in [0.05, 0.1) is 5.69 Å². The van der Waals surface area contributed by atoms with Gasteiger partial charge in [-0.15, -0.1) is 0 Å². The summed E-state index contributed by atoms with van der Waals surface area (Å²) in [5, 5.41) is 8.88. The summed E-state index contributed by atoms with van der Waals surface area (Å²) in [5.74, 6) is 0.518. The Bertz CT molecular complexity index is 697. The van der Waals surface area contributed by atoms with Crippen molar-refractivity contribution in [1.82, 2.24) is 0 Å². The minimum atomic E-state index is 0.205. The maximum atomic E-state index is 8.88. The van der Waals surface area contributed by atoms with Crippen molar-refractivity contribution in [3.63, 3.8) is 0 Å². The van der Waals surface area contributed by atoms with Crippen LogP contribution < -0.4 is 9.80 Å². The lowest BCUT2D eigenvalue weighted by atomic mass is 10.1. The number of benzene rings is 2. The van der Waals surface area contributed by atoms with Gasteiger partial charge in [-0.25, -0.2) is 0 Å². The molecule has 2 aromatic rings. The first kappa shape index (κ1) is 18.8. The van der Waals surface area contributed by atoms with Gasteiger partial charge < -0.3 is 9.80 Å². The second kappa shape index (κ2) is 8.51. The largest absolute Gasteiger partial charge is 0.313 e. The molecule has 1 N–H and O–H groups in total. The van der Waals surface area contributed by atoms with Crippen molar-refractivity contribution >= 4 is 39.9 Å². The first-order valence-electron chi connectivity index (χ1n) is 8.48. The summed E-state index contributed by atoms with van der Waals surface area (Å²) in [6, 6.07) is 17.0.